The predicted octanol–water partition coefficient (Wildman–Crippen LogP) is 1.29. The Hall–Kier alpha value is -0.380. The van der Waals surface area contributed by atoms with Crippen molar-refractivity contribution in [1.82, 2.24) is 10.2 Å². The number of hydrogen-bond acceptors (Lipinski definition) is 3. The Kier molecular flexibility index (Phi) is 2.11. The minimum absolute atomic E-state index is 0.731. The van der Waals surface area contributed by atoms with E-state index in [1.807, 2.05) is 11.3 Å². The van der Waals surface area contributed by atoms with Gasteiger partial charge in [0.15, 0.2) is 0 Å². The molecule has 2 atom stereocenters. The minimum Gasteiger partial charge on any atom is -0.314 e. The van der Waals surface area contributed by atoms with E-state index >= 15 is 0 Å². The van der Waals surface area contributed by atoms with Crippen LogP contribution in [-0.4, -0.2) is 37.6 Å². The van der Waals surface area contributed by atoms with Crippen LogP contribution in [0.25, 0.3) is 0 Å². The number of likely N-dealkylation sites (N-methyl/N-ethyl adjacent to an activating group) is 1. The molecule has 0 aliphatic carbocycles. The van der Waals surface area contributed by atoms with Crippen molar-refractivity contribution in [2.24, 2.45) is 0 Å². The van der Waals surface area contributed by atoms with E-state index in [0.29, 0.717) is 0 Å². The zero-order valence-electron chi connectivity index (χ0n) is 8.49. The molecular formula is C11H16N2S. The summed E-state index contributed by atoms with van der Waals surface area (Å²) < 4.78 is 0. The molecule has 14 heavy (non-hydrogen) atoms. The van der Waals surface area contributed by atoms with Crippen LogP contribution in [0, 0.1) is 0 Å². The smallest absolute Gasteiger partial charge is 0.0306 e. The lowest BCUT2D eigenvalue weighted by atomic mass is 9.99. The van der Waals surface area contributed by atoms with E-state index in [-0.39, 0.29) is 0 Å². The molecular weight excluding hydrogens is 192 g/mol. The van der Waals surface area contributed by atoms with Crippen molar-refractivity contribution in [2.75, 3.05) is 26.7 Å². The average molecular weight is 208 g/mol. The summed E-state index contributed by atoms with van der Waals surface area (Å²) in [6.45, 7) is 3.55. The van der Waals surface area contributed by atoms with Crippen molar-refractivity contribution in [3.8, 4) is 0 Å². The van der Waals surface area contributed by atoms with Gasteiger partial charge in [-0.15, -0.1) is 11.3 Å². The first-order valence-corrected chi connectivity index (χ1v) is 6.21. The van der Waals surface area contributed by atoms with Gasteiger partial charge in [0.25, 0.3) is 0 Å². The number of rotatable bonds is 0. The Morgan fingerprint density at radius 3 is 3.36 bits per heavy atom. The second-order valence-corrected chi connectivity index (χ2v) is 5.32. The molecule has 3 rings (SSSR count). The molecule has 0 radical (unpaired) electrons. The molecule has 3 heteroatoms. The molecule has 0 amide bonds. The van der Waals surface area contributed by atoms with Gasteiger partial charge in [-0.2, -0.15) is 0 Å². The van der Waals surface area contributed by atoms with Crippen LogP contribution in [0.1, 0.15) is 16.4 Å². The van der Waals surface area contributed by atoms with Crippen LogP contribution in [-0.2, 0) is 6.42 Å². The first-order valence-electron chi connectivity index (χ1n) is 5.33. The van der Waals surface area contributed by atoms with E-state index < -0.39 is 0 Å². The molecule has 1 N–H and O–H groups in total. The van der Waals surface area contributed by atoms with Crippen molar-refractivity contribution in [3.05, 3.63) is 21.9 Å². The van der Waals surface area contributed by atoms with Crippen LogP contribution in [0.2, 0.25) is 0 Å². The van der Waals surface area contributed by atoms with Gasteiger partial charge in [-0.25, -0.2) is 0 Å². The van der Waals surface area contributed by atoms with Crippen molar-refractivity contribution in [1.29, 1.82) is 0 Å². The molecule has 0 spiro atoms. The molecule has 2 aliphatic heterocycles. The predicted molar refractivity (Wildman–Crippen MR) is 60.1 cm³/mol. The van der Waals surface area contributed by atoms with Crippen LogP contribution in [0.4, 0.5) is 0 Å². The Labute approximate surface area is 88.9 Å². The minimum atomic E-state index is 0.731. The zero-order chi connectivity index (χ0) is 9.54. The zero-order valence-corrected chi connectivity index (χ0v) is 9.31. The van der Waals surface area contributed by atoms with Crippen LogP contribution in [0.15, 0.2) is 11.4 Å². The highest BCUT2D eigenvalue weighted by molar-refractivity contribution is 7.10. The number of hydrogen-bond donors (Lipinski definition) is 1. The van der Waals surface area contributed by atoms with E-state index in [1.165, 1.54) is 26.1 Å². The molecule has 1 saturated heterocycles. The fourth-order valence-corrected chi connectivity index (χ4v) is 3.85. The SMILES string of the molecule is CN1CCc2ccsc2C2CNCC21. The molecule has 0 bridgehead atoms. The fraction of sp³-hybridized carbons (Fsp3) is 0.636. The summed E-state index contributed by atoms with van der Waals surface area (Å²) in [6.07, 6.45) is 1.24. The molecule has 0 aromatic carbocycles. The molecule has 1 aromatic heterocycles. The molecule has 76 valence electrons. The number of thiophene rings is 1. The Bertz CT molecular complexity index is 334. The van der Waals surface area contributed by atoms with E-state index in [4.69, 9.17) is 0 Å². The number of nitrogens with one attached hydrogen (secondary N) is 1. The van der Waals surface area contributed by atoms with E-state index in [1.54, 1.807) is 10.4 Å². The molecule has 1 aromatic rings. The van der Waals surface area contributed by atoms with Gasteiger partial charge >= 0.3 is 0 Å². The maximum atomic E-state index is 3.52. The first-order chi connectivity index (χ1) is 6.86. The van der Waals surface area contributed by atoms with Gasteiger partial charge in [-0.1, -0.05) is 0 Å². The maximum absolute atomic E-state index is 3.52. The van der Waals surface area contributed by atoms with Gasteiger partial charge in [0.05, 0.1) is 0 Å². The monoisotopic (exact) mass is 208 g/mol. The number of nitrogens with zero attached hydrogens (tertiary/aromatic N) is 1. The van der Waals surface area contributed by atoms with Gasteiger partial charge in [0.2, 0.25) is 0 Å². The van der Waals surface area contributed by atoms with Crippen LogP contribution in [0.3, 0.4) is 0 Å². The van der Waals surface area contributed by atoms with Crippen molar-refractivity contribution < 1.29 is 0 Å². The second kappa shape index (κ2) is 3.33. The summed E-state index contributed by atoms with van der Waals surface area (Å²) in [6, 6.07) is 3.05. The summed E-state index contributed by atoms with van der Waals surface area (Å²) in [5.41, 5.74) is 1.60. The van der Waals surface area contributed by atoms with Gasteiger partial charge in [-0.05, 0) is 30.5 Å². The second-order valence-electron chi connectivity index (χ2n) is 4.37. The fourth-order valence-electron chi connectivity index (χ4n) is 2.74. The molecule has 0 saturated carbocycles. The van der Waals surface area contributed by atoms with Crippen LogP contribution >= 0.6 is 11.3 Å². The molecule has 3 heterocycles. The van der Waals surface area contributed by atoms with Gasteiger partial charge < -0.3 is 10.2 Å². The lowest BCUT2D eigenvalue weighted by Crippen LogP contribution is -2.36. The standard InChI is InChI=1S/C11H16N2S/c1-13-4-2-8-3-5-14-11(8)9-6-12-7-10(9)13/h3,5,9-10,12H,2,4,6-7H2,1H3. The molecule has 2 aliphatic rings. The van der Waals surface area contributed by atoms with Gasteiger partial charge in [-0.3, -0.25) is 0 Å². The largest absolute Gasteiger partial charge is 0.314 e. The molecule has 1 fully saturated rings. The third-order valence-electron chi connectivity index (χ3n) is 3.60. The highest BCUT2D eigenvalue weighted by Gasteiger charge is 2.35. The molecule has 2 nitrogen and oxygen atoms in total. The highest BCUT2D eigenvalue weighted by Crippen LogP contribution is 2.35. The van der Waals surface area contributed by atoms with Gasteiger partial charge in [0, 0.05) is 36.5 Å². The third-order valence-corrected chi connectivity index (χ3v) is 4.69. The topological polar surface area (TPSA) is 15.3 Å². The number of fused-ring (bicyclic) bond motifs is 3. The Balaban J connectivity index is 2.02. The maximum Gasteiger partial charge on any atom is 0.0306 e. The lowest BCUT2D eigenvalue weighted by molar-refractivity contribution is 0.252. The third kappa shape index (κ3) is 1.23. The summed E-state index contributed by atoms with van der Waals surface area (Å²) in [5, 5.41) is 5.77. The lowest BCUT2D eigenvalue weighted by Gasteiger charge is -2.25. The van der Waals surface area contributed by atoms with E-state index in [2.05, 4.69) is 28.7 Å². The van der Waals surface area contributed by atoms with Gasteiger partial charge in [0.1, 0.15) is 0 Å². The van der Waals surface area contributed by atoms with E-state index in [9.17, 15) is 0 Å². The molecule has 2 unspecified atom stereocenters. The van der Waals surface area contributed by atoms with Crippen LogP contribution < -0.4 is 5.32 Å². The Morgan fingerprint density at radius 2 is 2.43 bits per heavy atom. The Morgan fingerprint density at radius 1 is 1.50 bits per heavy atom. The summed E-state index contributed by atoms with van der Waals surface area (Å²) in [7, 11) is 2.27. The first kappa shape index (κ1) is 8.89. The van der Waals surface area contributed by atoms with E-state index in [0.717, 1.165) is 12.0 Å². The van der Waals surface area contributed by atoms with Crippen molar-refractivity contribution in [2.45, 2.75) is 18.4 Å². The van der Waals surface area contributed by atoms with Crippen molar-refractivity contribution >= 4 is 11.3 Å². The van der Waals surface area contributed by atoms with Crippen LogP contribution in [0.5, 0.6) is 0 Å². The quantitative estimate of drug-likeness (QED) is 0.691. The highest BCUT2D eigenvalue weighted by atomic mass is 32.1. The van der Waals surface area contributed by atoms with Crippen molar-refractivity contribution in [3.63, 3.8) is 0 Å². The summed E-state index contributed by atoms with van der Waals surface area (Å²) in [4.78, 5) is 4.17. The summed E-state index contributed by atoms with van der Waals surface area (Å²) >= 11 is 1.95. The normalized spacial score (nSPS) is 32.4. The summed E-state index contributed by atoms with van der Waals surface area (Å²) in [5.74, 6) is 0.748. The average Bonchev–Trinajstić information content (AvgIpc) is 2.80.